The van der Waals surface area contributed by atoms with Crippen LogP contribution in [-0.2, 0) is 16.1 Å². The molecule has 1 aromatic carbocycles. The second kappa shape index (κ2) is 6.66. The van der Waals surface area contributed by atoms with Crippen molar-refractivity contribution in [2.75, 3.05) is 13.7 Å². The van der Waals surface area contributed by atoms with Crippen LogP contribution in [0.5, 0.6) is 0 Å². The van der Waals surface area contributed by atoms with Gasteiger partial charge >= 0.3 is 5.97 Å². The highest BCUT2D eigenvalue weighted by atomic mass is 79.9. The van der Waals surface area contributed by atoms with E-state index in [4.69, 9.17) is 0 Å². The van der Waals surface area contributed by atoms with Gasteiger partial charge in [-0.15, -0.1) is 0 Å². The van der Waals surface area contributed by atoms with Gasteiger partial charge in [0.1, 0.15) is 4.83 Å². The zero-order valence-corrected chi connectivity index (χ0v) is 11.1. The van der Waals surface area contributed by atoms with Crippen LogP contribution in [0.4, 0.5) is 0 Å². The summed E-state index contributed by atoms with van der Waals surface area (Å²) in [6, 6.07) is 8.17. The molecular weight excluding hydrogens is 270 g/mol. The van der Waals surface area contributed by atoms with Gasteiger partial charge in [-0.1, -0.05) is 40.2 Å². The number of benzene rings is 1. The summed E-state index contributed by atoms with van der Waals surface area (Å²) in [5, 5.41) is 3.21. The molecule has 1 aromatic rings. The zero-order chi connectivity index (χ0) is 12.0. The van der Waals surface area contributed by atoms with Crippen LogP contribution < -0.4 is 5.32 Å². The van der Waals surface area contributed by atoms with E-state index in [0.717, 1.165) is 6.54 Å². The van der Waals surface area contributed by atoms with Crippen LogP contribution in [-0.4, -0.2) is 24.5 Å². The molecule has 1 atom stereocenters. The van der Waals surface area contributed by atoms with Gasteiger partial charge in [0.2, 0.25) is 0 Å². The van der Waals surface area contributed by atoms with Crippen LogP contribution in [0.25, 0.3) is 0 Å². The SMILES string of the molecule is COC(=O)C(Br)CNCc1ccccc1C. The molecule has 0 aliphatic heterocycles. The standard InChI is InChI=1S/C12H16BrNO2/c1-9-5-3-4-6-10(9)7-14-8-11(13)12(15)16-2/h3-6,11,14H,7-8H2,1-2H3. The number of carbonyl (C=O) groups excluding carboxylic acids is 1. The third-order valence-electron chi connectivity index (χ3n) is 2.36. The topological polar surface area (TPSA) is 38.3 Å². The van der Waals surface area contributed by atoms with E-state index in [1.807, 2.05) is 12.1 Å². The summed E-state index contributed by atoms with van der Waals surface area (Å²) in [7, 11) is 1.39. The van der Waals surface area contributed by atoms with E-state index < -0.39 is 0 Å². The molecule has 88 valence electrons. The highest BCUT2D eigenvalue weighted by molar-refractivity contribution is 9.10. The number of rotatable bonds is 5. The first kappa shape index (κ1) is 13.2. The second-order valence-corrected chi connectivity index (χ2v) is 4.65. The molecular formula is C12H16BrNO2. The number of ether oxygens (including phenoxy) is 1. The van der Waals surface area contributed by atoms with Gasteiger partial charge in [-0.3, -0.25) is 4.79 Å². The molecule has 0 radical (unpaired) electrons. The quantitative estimate of drug-likeness (QED) is 0.665. The van der Waals surface area contributed by atoms with Crippen molar-refractivity contribution in [2.45, 2.75) is 18.3 Å². The summed E-state index contributed by atoms with van der Waals surface area (Å²) in [4.78, 5) is 10.8. The van der Waals surface area contributed by atoms with Gasteiger partial charge in [-0.2, -0.15) is 0 Å². The first-order valence-corrected chi connectivity index (χ1v) is 6.04. The lowest BCUT2D eigenvalue weighted by atomic mass is 10.1. The molecule has 0 saturated carbocycles. The van der Waals surface area contributed by atoms with Gasteiger partial charge in [0.15, 0.2) is 0 Å². The van der Waals surface area contributed by atoms with Crippen molar-refractivity contribution < 1.29 is 9.53 Å². The number of nitrogens with one attached hydrogen (secondary N) is 1. The Kier molecular flexibility index (Phi) is 5.49. The maximum absolute atomic E-state index is 11.1. The van der Waals surface area contributed by atoms with Crippen LogP contribution in [0.3, 0.4) is 0 Å². The Labute approximate surface area is 104 Å². The van der Waals surface area contributed by atoms with E-state index in [1.165, 1.54) is 18.2 Å². The molecule has 1 unspecified atom stereocenters. The Morgan fingerprint density at radius 2 is 2.19 bits per heavy atom. The first-order chi connectivity index (χ1) is 7.65. The van der Waals surface area contributed by atoms with E-state index in [9.17, 15) is 4.79 Å². The molecule has 0 bridgehead atoms. The summed E-state index contributed by atoms with van der Waals surface area (Å²) < 4.78 is 4.61. The molecule has 3 nitrogen and oxygen atoms in total. The fraction of sp³-hybridized carbons (Fsp3) is 0.417. The Morgan fingerprint density at radius 1 is 1.50 bits per heavy atom. The molecule has 0 amide bonds. The molecule has 1 N–H and O–H groups in total. The van der Waals surface area contributed by atoms with Crippen LogP contribution in [0.1, 0.15) is 11.1 Å². The van der Waals surface area contributed by atoms with E-state index in [2.05, 4.69) is 45.0 Å². The number of hydrogen-bond donors (Lipinski definition) is 1. The van der Waals surface area contributed by atoms with Gasteiger partial charge in [0.05, 0.1) is 7.11 Å². The highest BCUT2D eigenvalue weighted by Gasteiger charge is 2.13. The third kappa shape index (κ3) is 3.94. The number of methoxy groups -OCH3 is 1. The maximum Gasteiger partial charge on any atom is 0.320 e. The van der Waals surface area contributed by atoms with Gasteiger partial charge in [0, 0.05) is 13.1 Å². The summed E-state index contributed by atoms with van der Waals surface area (Å²) in [6.45, 7) is 3.38. The van der Waals surface area contributed by atoms with Gasteiger partial charge in [-0.25, -0.2) is 0 Å². The molecule has 0 spiro atoms. The number of carbonyl (C=O) groups is 1. The summed E-state index contributed by atoms with van der Waals surface area (Å²) in [5.74, 6) is -0.253. The lowest BCUT2D eigenvalue weighted by molar-refractivity contribution is -0.139. The Morgan fingerprint density at radius 3 is 2.81 bits per heavy atom. The second-order valence-electron chi connectivity index (χ2n) is 3.55. The van der Waals surface area contributed by atoms with Crippen LogP contribution in [0.15, 0.2) is 24.3 Å². The molecule has 0 aliphatic rings. The average Bonchev–Trinajstić information content (AvgIpc) is 2.30. The summed E-state index contributed by atoms with van der Waals surface area (Å²) >= 11 is 3.26. The predicted octanol–water partition coefficient (Wildman–Crippen LogP) is 2.02. The van der Waals surface area contributed by atoms with Crippen molar-refractivity contribution in [3.05, 3.63) is 35.4 Å². The van der Waals surface area contributed by atoms with Gasteiger partial charge < -0.3 is 10.1 Å². The smallest absolute Gasteiger partial charge is 0.320 e. The molecule has 0 aliphatic carbocycles. The molecule has 0 heterocycles. The van der Waals surface area contributed by atoms with E-state index in [0.29, 0.717) is 6.54 Å². The van der Waals surface area contributed by atoms with Crippen molar-refractivity contribution >= 4 is 21.9 Å². The van der Waals surface area contributed by atoms with Crippen molar-refractivity contribution in [3.8, 4) is 0 Å². The first-order valence-electron chi connectivity index (χ1n) is 5.12. The fourth-order valence-electron chi connectivity index (χ4n) is 1.35. The van der Waals surface area contributed by atoms with Crippen molar-refractivity contribution in [2.24, 2.45) is 0 Å². The lowest BCUT2D eigenvalue weighted by Gasteiger charge is -2.10. The Balaban J connectivity index is 2.36. The van der Waals surface area contributed by atoms with Crippen molar-refractivity contribution in [1.82, 2.24) is 5.32 Å². The Hall–Kier alpha value is -0.870. The fourth-order valence-corrected chi connectivity index (χ4v) is 1.77. The van der Waals surface area contributed by atoms with Crippen molar-refractivity contribution in [1.29, 1.82) is 0 Å². The van der Waals surface area contributed by atoms with Gasteiger partial charge in [0.25, 0.3) is 0 Å². The monoisotopic (exact) mass is 285 g/mol. The van der Waals surface area contributed by atoms with Crippen LogP contribution in [0, 0.1) is 6.92 Å². The number of aryl methyl sites for hydroxylation is 1. The van der Waals surface area contributed by atoms with Crippen LogP contribution in [0.2, 0.25) is 0 Å². The maximum atomic E-state index is 11.1. The molecule has 0 fully saturated rings. The lowest BCUT2D eigenvalue weighted by Crippen LogP contribution is -2.29. The Bertz CT molecular complexity index is 355. The van der Waals surface area contributed by atoms with Crippen molar-refractivity contribution in [3.63, 3.8) is 0 Å². The normalized spacial score (nSPS) is 12.2. The van der Waals surface area contributed by atoms with Crippen LogP contribution >= 0.6 is 15.9 Å². The molecule has 0 aromatic heterocycles. The van der Waals surface area contributed by atoms with E-state index in [1.54, 1.807) is 0 Å². The number of alkyl halides is 1. The number of halogens is 1. The average molecular weight is 286 g/mol. The zero-order valence-electron chi connectivity index (χ0n) is 9.50. The molecule has 16 heavy (non-hydrogen) atoms. The number of hydrogen-bond acceptors (Lipinski definition) is 3. The largest absolute Gasteiger partial charge is 0.468 e. The van der Waals surface area contributed by atoms with Gasteiger partial charge in [-0.05, 0) is 18.1 Å². The summed E-state index contributed by atoms with van der Waals surface area (Å²) in [6.07, 6.45) is 0. The minimum Gasteiger partial charge on any atom is -0.468 e. The molecule has 0 saturated heterocycles. The molecule has 1 rings (SSSR count). The minimum absolute atomic E-state index is 0.253. The van der Waals surface area contributed by atoms with E-state index in [-0.39, 0.29) is 10.8 Å². The number of esters is 1. The summed E-state index contributed by atoms with van der Waals surface area (Å²) in [5.41, 5.74) is 2.49. The minimum atomic E-state index is -0.290. The predicted molar refractivity (Wildman–Crippen MR) is 67.6 cm³/mol. The molecule has 4 heteroatoms. The van der Waals surface area contributed by atoms with E-state index >= 15 is 0 Å². The highest BCUT2D eigenvalue weighted by Crippen LogP contribution is 2.07. The third-order valence-corrected chi connectivity index (χ3v) is 3.05.